The van der Waals surface area contributed by atoms with Crippen molar-refractivity contribution in [3.8, 4) is 0 Å². The summed E-state index contributed by atoms with van der Waals surface area (Å²) in [5.74, 6) is 0. The molecule has 0 aromatic rings. The van der Waals surface area contributed by atoms with Gasteiger partial charge in [-0.05, 0) is 22.6 Å². The van der Waals surface area contributed by atoms with E-state index in [0.29, 0.717) is 0 Å². The van der Waals surface area contributed by atoms with Crippen LogP contribution in [0.15, 0.2) is 88.6 Å². The molecule has 0 amide bonds. The molecule has 18 heavy (non-hydrogen) atoms. The van der Waals surface area contributed by atoms with E-state index in [1.165, 1.54) is 12.5 Å². The van der Waals surface area contributed by atoms with E-state index in [9.17, 15) is 0 Å². The van der Waals surface area contributed by atoms with Crippen molar-refractivity contribution in [2.75, 3.05) is 0 Å². The van der Waals surface area contributed by atoms with Gasteiger partial charge in [0.2, 0.25) is 0 Å². The van der Waals surface area contributed by atoms with Gasteiger partial charge in [-0.1, -0.05) is 54.7 Å². The molecule has 0 saturated heterocycles. The normalized spacial score (nSPS) is 30.2. The van der Waals surface area contributed by atoms with Crippen molar-refractivity contribution in [1.29, 1.82) is 0 Å². The fourth-order valence-electron chi connectivity index (χ4n) is 0.878. The standard InChI is InChI=1S/C13H14N4O/c1-2-4-6-8-10-12-14-15-16-17-18-13-11-9-7-5-3-1/h1-13H,(H,15,17)/b2-1-,5-3+,6-4+,9-7-,10-8+,13-11-,14-12-. The first-order chi connectivity index (χ1) is 9.00. The quantitative estimate of drug-likeness (QED) is 0.709. The second-order valence-corrected chi connectivity index (χ2v) is 2.92. The van der Waals surface area contributed by atoms with Gasteiger partial charge in [0.05, 0.1) is 6.21 Å². The van der Waals surface area contributed by atoms with Gasteiger partial charge in [-0.15, -0.1) is 10.7 Å². The van der Waals surface area contributed by atoms with Gasteiger partial charge in [-0.3, -0.25) is 0 Å². The Balaban J connectivity index is 2.58. The van der Waals surface area contributed by atoms with Crippen molar-refractivity contribution in [2.45, 2.75) is 0 Å². The predicted octanol–water partition coefficient (Wildman–Crippen LogP) is 3.17. The Hall–Kier alpha value is -2.69. The first kappa shape index (κ1) is 13.4. The Kier molecular flexibility index (Phi) is 8.04. The zero-order valence-corrected chi connectivity index (χ0v) is 9.76. The highest BCUT2D eigenvalue weighted by atomic mass is 16.7. The molecule has 1 heterocycles. The number of hydrogen-bond donors (Lipinski definition) is 1. The Labute approximate surface area is 106 Å². The van der Waals surface area contributed by atoms with Gasteiger partial charge in [0.1, 0.15) is 6.26 Å². The smallest absolute Gasteiger partial charge is 0.121 e. The van der Waals surface area contributed by atoms with E-state index in [1.54, 1.807) is 12.2 Å². The van der Waals surface area contributed by atoms with Crippen LogP contribution in [0.3, 0.4) is 0 Å². The monoisotopic (exact) mass is 242 g/mol. The van der Waals surface area contributed by atoms with Crippen LogP contribution >= 0.6 is 0 Å². The Bertz CT molecular complexity index is 398. The van der Waals surface area contributed by atoms with Gasteiger partial charge in [-0.2, -0.15) is 0 Å². The van der Waals surface area contributed by atoms with Crippen LogP contribution in [0, 0.1) is 0 Å². The topological polar surface area (TPSA) is 58.3 Å². The summed E-state index contributed by atoms with van der Waals surface area (Å²) in [5, 5.41) is 10.5. The minimum Gasteiger partial charge on any atom is -0.372 e. The maximum Gasteiger partial charge on any atom is 0.121 e. The molecule has 0 aromatic carbocycles. The second kappa shape index (κ2) is 10.8. The van der Waals surface area contributed by atoms with Crippen molar-refractivity contribution in [3.63, 3.8) is 0 Å². The highest BCUT2D eigenvalue weighted by Gasteiger charge is 1.71. The number of allylic oxidation sites excluding steroid dienone is 11. The Morgan fingerprint density at radius 1 is 0.667 bits per heavy atom. The third kappa shape index (κ3) is 8.60. The van der Waals surface area contributed by atoms with Gasteiger partial charge < -0.3 is 4.84 Å². The van der Waals surface area contributed by atoms with Gasteiger partial charge in [0.25, 0.3) is 0 Å². The van der Waals surface area contributed by atoms with Gasteiger partial charge in [0, 0.05) is 0 Å². The molecule has 0 aliphatic carbocycles. The SMILES string of the molecule is C1=C\C=C\C=C/C=C/C=C/C=N\N=N\NO\C=C/1. The molecule has 0 atom stereocenters. The highest BCUT2D eigenvalue weighted by molar-refractivity contribution is 5.71. The van der Waals surface area contributed by atoms with E-state index in [4.69, 9.17) is 4.84 Å². The van der Waals surface area contributed by atoms with Crippen LogP contribution in [-0.2, 0) is 4.84 Å². The summed E-state index contributed by atoms with van der Waals surface area (Å²) < 4.78 is 0. The van der Waals surface area contributed by atoms with Crippen LogP contribution in [0.25, 0.3) is 0 Å². The molecule has 0 fully saturated rings. The van der Waals surface area contributed by atoms with Crippen LogP contribution in [0.1, 0.15) is 0 Å². The molecular weight excluding hydrogens is 228 g/mol. The minimum atomic E-state index is 1.44. The Morgan fingerprint density at radius 3 is 1.89 bits per heavy atom. The van der Waals surface area contributed by atoms with E-state index >= 15 is 0 Å². The summed E-state index contributed by atoms with van der Waals surface area (Å²) in [4.78, 5) is 4.80. The molecule has 1 aliphatic heterocycles. The third-order valence-corrected chi connectivity index (χ3v) is 1.60. The van der Waals surface area contributed by atoms with Gasteiger partial charge in [0.15, 0.2) is 0 Å². The summed E-state index contributed by atoms with van der Waals surface area (Å²) in [6.07, 6.45) is 23.4. The molecule has 0 spiro atoms. The maximum atomic E-state index is 4.80. The molecule has 92 valence electrons. The van der Waals surface area contributed by atoms with Crippen molar-refractivity contribution >= 4 is 6.21 Å². The van der Waals surface area contributed by atoms with Gasteiger partial charge >= 0.3 is 0 Å². The molecular formula is C13H14N4O. The van der Waals surface area contributed by atoms with Crippen LogP contribution < -0.4 is 5.59 Å². The summed E-state index contributed by atoms with van der Waals surface area (Å²) >= 11 is 0. The molecule has 0 aromatic heterocycles. The first-order valence-corrected chi connectivity index (χ1v) is 5.32. The van der Waals surface area contributed by atoms with E-state index in [0.717, 1.165) is 0 Å². The number of nitrogens with zero attached hydrogens (tertiary/aromatic N) is 3. The summed E-state index contributed by atoms with van der Waals surface area (Å²) in [5.41, 5.74) is 2.25. The molecule has 1 rings (SSSR count). The lowest BCUT2D eigenvalue weighted by molar-refractivity contribution is 0.130. The number of rotatable bonds is 0. The van der Waals surface area contributed by atoms with Crippen LogP contribution in [0.4, 0.5) is 0 Å². The molecule has 0 bridgehead atoms. The fraction of sp³-hybridized carbons (Fsp3) is 0. The average Bonchev–Trinajstić information content (AvgIpc) is 2.39. The zero-order chi connectivity index (χ0) is 12.7. The molecule has 1 N–H and O–H groups in total. The zero-order valence-electron chi connectivity index (χ0n) is 9.76. The number of nitrogens with one attached hydrogen (secondary N) is 1. The second-order valence-electron chi connectivity index (χ2n) is 2.92. The first-order valence-electron chi connectivity index (χ1n) is 5.32. The van der Waals surface area contributed by atoms with Gasteiger partial charge in [-0.25, -0.2) is 0 Å². The molecule has 5 nitrogen and oxygen atoms in total. The minimum absolute atomic E-state index is 1.44. The van der Waals surface area contributed by atoms with Crippen LogP contribution in [0.5, 0.6) is 0 Å². The molecule has 1 aliphatic rings. The van der Waals surface area contributed by atoms with E-state index < -0.39 is 0 Å². The van der Waals surface area contributed by atoms with Crippen molar-refractivity contribution in [2.24, 2.45) is 15.5 Å². The van der Waals surface area contributed by atoms with Crippen molar-refractivity contribution in [1.82, 2.24) is 5.59 Å². The van der Waals surface area contributed by atoms with Crippen LogP contribution in [0.2, 0.25) is 0 Å². The Morgan fingerprint density at radius 2 is 1.22 bits per heavy atom. The van der Waals surface area contributed by atoms with E-state index in [-0.39, 0.29) is 0 Å². The van der Waals surface area contributed by atoms with Crippen molar-refractivity contribution < 1.29 is 4.84 Å². The van der Waals surface area contributed by atoms with E-state index in [2.05, 4.69) is 21.1 Å². The van der Waals surface area contributed by atoms with E-state index in [1.807, 2.05) is 54.7 Å². The lowest BCUT2D eigenvalue weighted by Gasteiger charge is -1.91. The summed E-state index contributed by atoms with van der Waals surface area (Å²) in [7, 11) is 0. The number of hydrogen-bond acceptors (Lipinski definition) is 5. The largest absolute Gasteiger partial charge is 0.372 e. The third-order valence-electron chi connectivity index (χ3n) is 1.60. The molecule has 5 heteroatoms. The lowest BCUT2D eigenvalue weighted by Crippen LogP contribution is -1.98. The average molecular weight is 242 g/mol. The molecule has 0 unspecified atom stereocenters. The summed E-state index contributed by atoms with van der Waals surface area (Å²) in [6, 6.07) is 0. The predicted molar refractivity (Wildman–Crippen MR) is 72.4 cm³/mol. The maximum absolute atomic E-state index is 4.80. The van der Waals surface area contributed by atoms with Crippen molar-refractivity contribution in [3.05, 3.63) is 73.1 Å². The lowest BCUT2D eigenvalue weighted by atomic mass is 10.3. The highest BCUT2D eigenvalue weighted by Crippen LogP contribution is 1.85. The van der Waals surface area contributed by atoms with Crippen LogP contribution in [-0.4, -0.2) is 6.21 Å². The summed E-state index contributed by atoms with van der Waals surface area (Å²) in [6.45, 7) is 0. The molecule has 0 radical (unpaired) electrons. The fourth-order valence-corrected chi connectivity index (χ4v) is 0.878. The molecule has 0 saturated carbocycles.